The number of halogens is 1. The van der Waals surface area contributed by atoms with Gasteiger partial charge in [0, 0.05) is 16.8 Å². The van der Waals surface area contributed by atoms with Crippen LogP contribution < -0.4 is 0 Å². The van der Waals surface area contributed by atoms with E-state index in [-0.39, 0.29) is 0 Å². The highest BCUT2D eigenvalue weighted by Crippen LogP contribution is 2.34. The maximum atomic E-state index is 12.5. The van der Waals surface area contributed by atoms with Gasteiger partial charge in [-0.05, 0) is 30.4 Å². The third kappa shape index (κ3) is 3.23. The Morgan fingerprint density at radius 2 is 2.00 bits per heavy atom. The Morgan fingerprint density at radius 3 is 2.72 bits per heavy atom. The van der Waals surface area contributed by atoms with Crippen LogP contribution in [0.2, 0.25) is 0 Å². The van der Waals surface area contributed by atoms with Gasteiger partial charge in [-0.25, -0.2) is 0 Å². The van der Waals surface area contributed by atoms with E-state index in [0.29, 0.717) is 24.0 Å². The Balaban J connectivity index is 2.05. The first-order valence-corrected chi connectivity index (χ1v) is 7.77. The van der Waals surface area contributed by atoms with Crippen molar-refractivity contribution in [1.82, 2.24) is 0 Å². The third-order valence-electron chi connectivity index (χ3n) is 4.17. The van der Waals surface area contributed by atoms with Crippen LogP contribution in [0.4, 0.5) is 0 Å². The van der Waals surface area contributed by atoms with Gasteiger partial charge in [0.1, 0.15) is 5.78 Å². The second kappa shape index (κ2) is 6.51. The second-order valence-electron chi connectivity index (χ2n) is 5.29. The average Bonchev–Trinajstić information content (AvgIpc) is 2.41. The lowest BCUT2D eigenvalue weighted by Crippen LogP contribution is -2.28. The zero-order valence-electron chi connectivity index (χ0n) is 11.0. The topological polar surface area (TPSA) is 17.1 Å². The lowest BCUT2D eigenvalue weighted by molar-refractivity contribution is -0.125. The van der Waals surface area contributed by atoms with Crippen molar-refractivity contribution in [2.75, 3.05) is 0 Å². The second-order valence-corrected chi connectivity index (χ2v) is 6.15. The lowest BCUT2D eigenvalue weighted by atomic mass is 9.74. The summed E-state index contributed by atoms with van der Waals surface area (Å²) < 4.78 is 1.06. The summed E-state index contributed by atoms with van der Waals surface area (Å²) in [5.41, 5.74) is 1.13. The number of hydrogen-bond donors (Lipinski definition) is 0. The first-order valence-electron chi connectivity index (χ1n) is 6.98. The largest absolute Gasteiger partial charge is 0.299 e. The normalized spacial score (nSPS) is 23.9. The van der Waals surface area contributed by atoms with E-state index in [0.717, 1.165) is 22.9 Å². The number of Topliss-reactive ketones (excluding diaryl/α,β-unsaturated/α-hetero) is 1. The maximum Gasteiger partial charge on any atom is 0.140 e. The minimum absolute atomic E-state index is 0.302. The van der Waals surface area contributed by atoms with Gasteiger partial charge >= 0.3 is 0 Å². The van der Waals surface area contributed by atoms with Crippen molar-refractivity contribution in [2.45, 2.75) is 45.4 Å². The van der Waals surface area contributed by atoms with Crippen molar-refractivity contribution in [3.63, 3.8) is 0 Å². The summed E-state index contributed by atoms with van der Waals surface area (Å²) in [7, 11) is 0. The van der Waals surface area contributed by atoms with E-state index in [1.54, 1.807) is 0 Å². The highest BCUT2D eigenvalue weighted by atomic mass is 79.9. The molecule has 0 radical (unpaired) electrons. The van der Waals surface area contributed by atoms with Gasteiger partial charge in [0.25, 0.3) is 0 Å². The SMILES string of the molecule is CCC1CCCCC1C(=O)Cc1ccccc1Br. The number of ketones is 1. The van der Waals surface area contributed by atoms with Crippen molar-refractivity contribution >= 4 is 21.7 Å². The van der Waals surface area contributed by atoms with Crippen molar-refractivity contribution < 1.29 is 4.79 Å². The molecule has 0 spiro atoms. The Bertz CT molecular complexity index is 413. The molecule has 2 rings (SSSR count). The fourth-order valence-corrected chi connectivity index (χ4v) is 3.51. The van der Waals surface area contributed by atoms with Crippen LogP contribution in [0.1, 0.15) is 44.6 Å². The fourth-order valence-electron chi connectivity index (χ4n) is 3.08. The van der Waals surface area contributed by atoms with Crippen LogP contribution in [-0.2, 0) is 11.2 Å². The van der Waals surface area contributed by atoms with Crippen molar-refractivity contribution in [3.8, 4) is 0 Å². The van der Waals surface area contributed by atoms with Crippen LogP contribution >= 0.6 is 15.9 Å². The van der Waals surface area contributed by atoms with Crippen LogP contribution in [0.15, 0.2) is 28.7 Å². The van der Waals surface area contributed by atoms with Crippen LogP contribution in [0.3, 0.4) is 0 Å². The Labute approximate surface area is 118 Å². The van der Waals surface area contributed by atoms with Crippen LogP contribution in [0.25, 0.3) is 0 Å². The quantitative estimate of drug-likeness (QED) is 0.782. The number of carbonyl (C=O) groups is 1. The summed E-state index contributed by atoms with van der Waals surface area (Å²) in [5.74, 6) is 1.36. The van der Waals surface area contributed by atoms with Crippen LogP contribution in [-0.4, -0.2) is 5.78 Å². The molecule has 2 unspecified atom stereocenters. The Hall–Kier alpha value is -0.630. The van der Waals surface area contributed by atoms with Crippen LogP contribution in [0, 0.1) is 11.8 Å². The monoisotopic (exact) mass is 308 g/mol. The predicted octanol–water partition coefficient (Wildman–Crippen LogP) is 4.78. The smallest absolute Gasteiger partial charge is 0.140 e. The summed E-state index contributed by atoms with van der Waals surface area (Å²) >= 11 is 3.53. The van der Waals surface area contributed by atoms with E-state index in [2.05, 4.69) is 22.9 Å². The van der Waals surface area contributed by atoms with Crippen molar-refractivity contribution in [3.05, 3.63) is 34.3 Å². The summed E-state index contributed by atoms with van der Waals surface area (Å²) in [6.45, 7) is 2.22. The average molecular weight is 309 g/mol. The molecule has 1 aliphatic carbocycles. The molecule has 1 nitrogen and oxygen atoms in total. The highest BCUT2D eigenvalue weighted by Gasteiger charge is 2.29. The van der Waals surface area contributed by atoms with Gasteiger partial charge in [-0.2, -0.15) is 0 Å². The summed E-state index contributed by atoms with van der Waals surface area (Å²) in [5, 5.41) is 0. The molecule has 18 heavy (non-hydrogen) atoms. The van der Waals surface area contributed by atoms with E-state index in [1.807, 2.05) is 24.3 Å². The third-order valence-corrected chi connectivity index (χ3v) is 4.94. The van der Waals surface area contributed by atoms with Crippen molar-refractivity contribution in [1.29, 1.82) is 0 Å². The molecule has 0 bridgehead atoms. The number of hydrogen-bond acceptors (Lipinski definition) is 1. The molecule has 0 amide bonds. The van der Waals surface area contributed by atoms with Gasteiger partial charge in [0.2, 0.25) is 0 Å². The number of benzene rings is 1. The molecule has 1 saturated carbocycles. The molecule has 1 aliphatic rings. The highest BCUT2D eigenvalue weighted by molar-refractivity contribution is 9.10. The minimum Gasteiger partial charge on any atom is -0.299 e. The molecule has 0 saturated heterocycles. The Morgan fingerprint density at radius 1 is 1.28 bits per heavy atom. The van der Waals surface area contributed by atoms with E-state index < -0.39 is 0 Å². The number of rotatable bonds is 4. The van der Waals surface area contributed by atoms with E-state index in [1.165, 1.54) is 19.3 Å². The first-order chi connectivity index (χ1) is 8.72. The van der Waals surface area contributed by atoms with Gasteiger partial charge in [-0.1, -0.05) is 60.3 Å². The van der Waals surface area contributed by atoms with E-state index in [4.69, 9.17) is 0 Å². The molecule has 98 valence electrons. The zero-order chi connectivity index (χ0) is 13.0. The molecule has 0 aromatic heterocycles. The molecule has 1 aromatic rings. The van der Waals surface area contributed by atoms with Gasteiger partial charge < -0.3 is 0 Å². The van der Waals surface area contributed by atoms with Gasteiger partial charge in [-0.3, -0.25) is 4.79 Å². The first kappa shape index (κ1) is 13.8. The molecule has 0 N–H and O–H groups in total. The molecule has 1 aromatic carbocycles. The summed E-state index contributed by atoms with van der Waals surface area (Å²) in [4.78, 5) is 12.5. The number of carbonyl (C=O) groups excluding carboxylic acids is 1. The molecule has 1 fully saturated rings. The van der Waals surface area contributed by atoms with E-state index >= 15 is 0 Å². The minimum atomic E-state index is 0.302. The summed E-state index contributed by atoms with van der Waals surface area (Å²) in [6.07, 6.45) is 6.60. The standard InChI is InChI=1S/C16H21BrO/c1-2-12-7-3-5-9-14(12)16(18)11-13-8-4-6-10-15(13)17/h4,6,8,10,12,14H,2-3,5,7,9,11H2,1H3. The van der Waals surface area contributed by atoms with Gasteiger partial charge in [-0.15, -0.1) is 0 Å². The predicted molar refractivity (Wildman–Crippen MR) is 78.6 cm³/mol. The molecule has 0 heterocycles. The van der Waals surface area contributed by atoms with Gasteiger partial charge in [0.05, 0.1) is 0 Å². The molecule has 2 atom stereocenters. The Kier molecular flexibility index (Phi) is 4.99. The lowest BCUT2D eigenvalue weighted by Gasteiger charge is -2.29. The van der Waals surface area contributed by atoms with Crippen LogP contribution in [0.5, 0.6) is 0 Å². The molecule has 2 heteroatoms. The summed E-state index contributed by atoms with van der Waals surface area (Å²) in [6, 6.07) is 8.06. The maximum absolute atomic E-state index is 12.5. The van der Waals surface area contributed by atoms with Gasteiger partial charge in [0.15, 0.2) is 0 Å². The molecular formula is C16H21BrO. The van der Waals surface area contributed by atoms with Crippen molar-refractivity contribution in [2.24, 2.45) is 11.8 Å². The molecule has 0 aliphatic heterocycles. The zero-order valence-corrected chi connectivity index (χ0v) is 12.6. The fraction of sp³-hybridized carbons (Fsp3) is 0.562. The molecular weight excluding hydrogens is 288 g/mol. The van der Waals surface area contributed by atoms with E-state index in [9.17, 15) is 4.79 Å².